The molecule has 148 valence electrons. The van der Waals surface area contributed by atoms with Gasteiger partial charge in [0.15, 0.2) is 0 Å². The number of aliphatic hydroxyl groups is 1. The molecular formula is C21H35NO4. The number of hydrogen-bond donors (Lipinski definition) is 2. The fourth-order valence-corrected chi connectivity index (χ4v) is 2.56. The van der Waals surface area contributed by atoms with E-state index in [0.29, 0.717) is 18.7 Å². The summed E-state index contributed by atoms with van der Waals surface area (Å²) in [6, 6.07) is 7.18. The highest BCUT2D eigenvalue weighted by molar-refractivity contribution is 5.89. The fraction of sp³-hybridized carbons (Fsp3) is 0.667. The summed E-state index contributed by atoms with van der Waals surface area (Å²) in [4.78, 5) is 12.0. The van der Waals surface area contributed by atoms with Crippen LogP contribution in [0.3, 0.4) is 0 Å². The minimum Gasteiger partial charge on any atom is -0.494 e. The van der Waals surface area contributed by atoms with Crippen LogP contribution in [-0.2, 0) is 4.74 Å². The summed E-state index contributed by atoms with van der Waals surface area (Å²) >= 11 is 0. The van der Waals surface area contributed by atoms with Crippen molar-refractivity contribution >= 4 is 5.97 Å². The van der Waals surface area contributed by atoms with Crippen LogP contribution in [0.2, 0.25) is 0 Å². The number of nitrogens with one attached hydrogen (secondary N) is 1. The lowest BCUT2D eigenvalue weighted by atomic mass is 10.1. The highest BCUT2D eigenvalue weighted by Crippen LogP contribution is 2.14. The number of carbonyl (C=O) groups excluding carboxylic acids is 1. The highest BCUT2D eigenvalue weighted by atomic mass is 16.5. The summed E-state index contributed by atoms with van der Waals surface area (Å²) in [7, 11) is 0. The van der Waals surface area contributed by atoms with Gasteiger partial charge in [0.05, 0.1) is 25.4 Å². The first-order valence-electron chi connectivity index (χ1n) is 9.99. The molecule has 0 amide bonds. The molecule has 5 heteroatoms. The summed E-state index contributed by atoms with van der Waals surface area (Å²) in [5.41, 5.74) is 0.570. The fourth-order valence-electron chi connectivity index (χ4n) is 2.56. The van der Waals surface area contributed by atoms with E-state index in [9.17, 15) is 4.79 Å². The number of ether oxygens (including phenoxy) is 2. The van der Waals surface area contributed by atoms with Crippen LogP contribution in [-0.4, -0.2) is 44.0 Å². The van der Waals surface area contributed by atoms with Crippen LogP contribution in [0.1, 0.15) is 68.6 Å². The van der Waals surface area contributed by atoms with Gasteiger partial charge in [0, 0.05) is 6.54 Å². The second-order valence-electron chi connectivity index (χ2n) is 6.46. The van der Waals surface area contributed by atoms with E-state index in [1.807, 2.05) is 12.1 Å². The first kappa shape index (κ1) is 22.5. The Morgan fingerprint density at radius 1 is 0.923 bits per heavy atom. The van der Waals surface area contributed by atoms with Gasteiger partial charge in [0.1, 0.15) is 5.75 Å². The number of hydrogen-bond acceptors (Lipinski definition) is 5. The average Bonchev–Trinajstić information content (AvgIpc) is 2.67. The first-order chi connectivity index (χ1) is 12.8. The second kappa shape index (κ2) is 15.6. The van der Waals surface area contributed by atoms with Crippen LogP contribution in [0, 0.1) is 0 Å². The Bertz CT molecular complexity index is 462. The molecule has 0 aliphatic rings. The molecule has 0 atom stereocenters. The van der Waals surface area contributed by atoms with Crippen molar-refractivity contribution in [1.82, 2.24) is 5.32 Å². The lowest BCUT2D eigenvalue weighted by molar-refractivity contribution is 0.0497. The number of carbonyl (C=O) groups is 1. The number of unbranched alkanes of at least 4 members (excludes halogenated alkanes) is 6. The predicted molar refractivity (Wildman–Crippen MR) is 105 cm³/mol. The van der Waals surface area contributed by atoms with Gasteiger partial charge < -0.3 is 19.9 Å². The molecule has 5 nitrogen and oxygen atoms in total. The van der Waals surface area contributed by atoms with E-state index >= 15 is 0 Å². The van der Waals surface area contributed by atoms with Crippen LogP contribution < -0.4 is 10.1 Å². The van der Waals surface area contributed by atoms with Crippen molar-refractivity contribution in [2.45, 2.75) is 58.3 Å². The number of esters is 1. The molecule has 0 bridgehead atoms. The molecule has 0 aromatic heterocycles. The largest absolute Gasteiger partial charge is 0.494 e. The van der Waals surface area contributed by atoms with Crippen LogP contribution in [0.15, 0.2) is 24.3 Å². The Morgan fingerprint density at radius 2 is 1.62 bits per heavy atom. The monoisotopic (exact) mass is 365 g/mol. The summed E-state index contributed by atoms with van der Waals surface area (Å²) in [6.45, 7) is 5.17. The highest BCUT2D eigenvalue weighted by Gasteiger charge is 2.07. The molecule has 1 rings (SSSR count). The maximum atomic E-state index is 12.0. The first-order valence-corrected chi connectivity index (χ1v) is 9.99. The maximum absolute atomic E-state index is 12.0. The standard InChI is InChI=1S/C21H35NO4/c1-2-3-8-17-25-20-12-10-19(11-13-20)21(24)26-18-9-6-4-5-7-14-22-15-16-23/h10-13,22-23H,2-9,14-18H2,1H3. The molecule has 1 aromatic rings. The summed E-state index contributed by atoms with van der Waals surface area (Å²) in [6.07, 6.45) is 8.79. The molecule has 0 aliphatic heterocycles. The smallest absolute Gasteiger partial charge is 0.338 e. The van der Waals surface area contributed by atoms with E-state index in [2.05, 4.69) is 12.2 Å². The zero-order chi connectivity index (χ0) is 18.9. The molecule has 0 fully saturated rings. The van der Waals surface area contributed by atoms with Gasteiger partial charge in [-0.05, 0) is 50.1 Å². The molecule has 1 aromatic carbocycles. The van der Waals surface area contributed by atoms with E-state index in [1.54, 1.807) is 12.1 Å². The van der Waals surface area contributed by atoms with Gasteiger partial charge in [0.25, 0.3) is 0 Å². The second-order valence-corrected chi connectivity index (χ2v) is 6.46. The molecular weight excluding hydrogens is 330 g/mol. The zero-order valence-electron chi connectivity index (χ0n) is 16.2. The zero-order valence-corrected chi connectivity index (χ0v) is 16.2. The van der Waals surface area contributed by atoms with Gasteiger partial charge in [-0.25, -0.2) is 4.79 Å². The molecule has 2 N–H and O–H groups in total. The minimum atomic E-state index is -0.268. The van der Waals surface area contributed by atoms with Crippen molar-refractivity contribution in [2.75, 3.05) is 32.9 Å². The van der Waals surface area contributed by atoms with Crippen molar-refractivity contribution in [1.29, 1.82) is 0 Å². The van der Waals surface area contributed by atoms with Crippen LogP contribution in [0.4, 0.5) is 0 Å². The Labute approximate surface area is 158 Å². The molecule has 26 heavy (non-hydrogen) atoms. The lowest BCUT2D eigenvalue weighted by Crippen LogP contribution is -2.19. The SMILES string of the molecule is CCCCCOc1ccc(C(=O)OCCCCCCCNCCO)cc1. The van der Waals surface area contributed by atoms with Crippen molar-refractivity contribution in [3.8, 4) is 5.75 Å². The van der Waals surface area contributed by atoms with Gasteiger partial charge in [-0.1, -0.05) is 39.0 Å². The Hall–Kier alpha value is -1.59. The lowest BCUT2D eigenvalue weighted by Gasteiger charge is -2.08. The Morgan fingerprint density at radius 3 is 2.35 bits per heavy atom. The third-order valence-corrected chi connectivity index (χ3v) is 4.13. The summed E-state index contributed by atoms with van der Waals surface area (Å²) in [5.74, 6) is 0.530. The number of aliphatic hydroxyl groups excluding tert-OH is 1. The van der Waals surface area contributed by atoms with Crippen molar-refractivity contribution in [3.63, 3.8) is 0 Å². The van der Waals surface area contributed by atoms with E-state index in [1.165, 1.54) is 12.8 Å². The maximum Gasteiger partial charge on any atom is 0.338 e. The minimum absolute atomic E-state index is 0.195. The van der Waals surface area contributed by atoms with Gasteiger partial charge in [-0.2, -0.15) is 0 Å². The molecule has 0 saturated heterocycles. The molecule has 0 aliphatic carbocycles. The third-order valence-electron chi connectivity index (χ3n) is 4.13. The topological polar surface area (TPSA) is 67.8 Å². The van der Waals surface area contributed by atoms with Crippen molar-refractivity contribution in [3.05, 3.63) is 29.8 Å². The molecule has 0 spiro atoms. The third kappa shape index (κ3) is 11.1. The van der Waals surface area contributed by atoms with Gasteiger partial charge >= 0.3 is 5.97 Å². The molecule has 0 radical (unpaired) electrons. The molecule has 0 heterocycles. The van der Waals surface area contributed by atoms with Crippen molar-refractivity contribution < 1.29 is 19.4 Å². The summed E-state index contributed by atoms with van der Waals surface area (Å²) in [5, 5.41) is 11.8. The van der Waals surface area contributed by atoms with Crippen molar-refractivity contribution in [2.24, 2.45) is 0 Å². The van der Waals surface area contributed by atoms with Crippen LogP contribution in [0.5, 0.6) is 5.75 Å². The Kier molecular flexibility index (Phi) is 13.5. The predicted octanol–water partition coefficient (Wildman–Crippen LogP) is 3.94. The van der Waals surface area contributed by atoms with Crippen LogP contribution >= 0.6 is 0 Å². The van der Waals surface area contributed by atoms with E-state index < -0.39 is 0 Å². The van der Waals surface area contributed by atoms with E-state index in [-0.39, 0.29) is 12.6 Å². The van der Waals surface area contributed by atoms with Gasteiger partial charge in [-0.3, -0.25) is 0 Å². The summed E-state index contributed by atoms with van der Waals surface area (Å²) < 4.78 is 11.0. The average molecular weight is 366 g/mol. The molecule has 0 saturated carbocycles. The number of benzene rings is 1. The number of rotatable bonds is 16. The van der Waals surface area contributed by atoms with Gasteiger partial charge in [-0.15, -0.1) is 0 Å². The quantitative estimate of drug-likeness (QED) is 0.343. The van der Waals surface area contributed by atoms with Crippen LogP contribution in [0.25, 0.3) is 0 Å². The Balaban J connectivity index is 2.06. The van der Waals surface area contributed by atoms with E-state index in [4.69, 9.17) is 14.6 Å². The normalized spacial score (nSPS) is 10.7. The van der Waals surface area contributed by atoms with E-state index in [0.717, 1.165) is 57.4 Å². The van der Waals surface area contributed by atoms with Gasteiger partial charge in [0.2, 0.25) is 0 Å². The molecule has 0 unspecified atom stereocenters.